The van der Waals surface area contributed by atoms with Crippen LogP contribution in [0.15, 0.2) is 87.5 Å². The van der Waals surface area contributed by atoms with Crippen molar-refractivity contribution in [2.24, 2.45) is 0 Å². The van der Waals surface area contributed by atoms with Gasteiger partial charge in [0.2, 0.25) is 10.0 Å². The van der Waals surface area contributed by atoms with Crippen LogP contribution in [0.25, 0.3) is 21.9 Å². The fourth-order valence-corrected chi connectivity index (χ4v) is 5.07. The summed E-state index contributed by atoms with van der Waals surface area (Å²) in [5, 5.41) is 0.0291. The lowest BCUT2D eigenvalue weighted by Crippen LogP contribution is -2.31. The Hall–Kier alpha value is -4.09. The summed E-state index contributed by atoms with van der Waals surface area (Å²) < 4.78 is 44.6. The van der Waals surface area contributed by atoms with E-state index in [1.54, 1.807) is 6.33 Å². The van der Waals surface area contributed by atoms with Gasteiger partial charge in [0, 0.05) is 6.54 Å². The summed E-state index contributed by atoms with van der Waals surface area (Å²) in [6.45, 7) is 0.187. The van der Waals surface area contributed by atoms with Gasteiger partial charge in [-0.1, -0.05) is 24.3 Å². The Morgan fingerprint density at radius 1 is 1.00 bits per heavy atom. The maximum absolute atomic E-state index is 13.5. The van der Waals surface area contributed by atoms with E-state index in [1.807, 2.05) is 28.8 Å². The fraction of sp³-hybridized carbons (Fsp3) is 0.0870. The Labute approximate surface area is 192 Å². The molecule has 0 bridgehead atoms. The minimum Gasteiger partial charge on any atom is -0.329 e. The minimum absolute atomic E-state index is 0.0291. The molecule has 5 rings (SSSR count). The summed E-state index contributed by atoms with van der Waals surface area (Å²) in [5.41, 5.74) is 0.949. The summed E-state index contributed by atoms with van der Waals surface area (Å²) in [6.07, 6.45) is 1.61. The van der Waals surface area contributed by atoms with Crippen molar-refractivity contribution < 1.29 is 12.8 Å². The first-order valence-corrected chi connectivity index (χ1v) is 11.7. The van der Waals surface area contributed by atoms with Crippen LogP contribution >= 0.6 is 0 Å². The van der Waals surface area contributed by atoms with Gasteiger partial charge in [0.1, 0.15) is 5.82 Å². The van der Waals surface area contributed by atoms with E-state index in [1.165, 1.54) is 42.5 Å². The molecular weight excluding hydrogens is 461 g/mol. The molecular formula is C23H18FN5O4S. The molecule has 172 valence electrons. The second kappa shape index (κ2) is 8.36. The summed E-state index contributed by atoms with van der Waals surface area (Å²) in [5.74, 6) is -0.443. The van der Waals surface area contributed by atoms with E-state index in [-0.39, 0.29) is 22.3 Å². The van der Waals surface area contributed by atoms with Crippen LogP contribution in [-0.2, 0) is 16.6 Å². The lowest BCUT2D eigenvalue weighted by molar-refractivity contribution is 0.515. The molecule has 1 atom stereocenters. The van der Waals surface area contributed by atoms with Crippen molar-refractivity contribution in [2.75, 3.05) is 0 Å². The highest BCUT2D eigenvalue weighted by Crippen LogP contribution is 2.23. The van der Waals surface area contributed by atoms with Crippen LogP contribution < -0.4 is 16.0 Å². The van der Waals surface area contributed by atoms with Gasteiger partial charge in [0.05, 0.1) is 39.2 Å². The smallest absolute Gasteiger partial charge is 0.326 e. The molecule has 9 nitrogen and oxygen atoms in total. The van der Waals surface area contributed by atoms with Crippen molar-refractivity contribution in [2.45, 2.75) is 17.5 Å². The average molecular weight is 479 g/mol. The lowest BCUT2D eigenvalue weighted by atomic mass is 10.1. The summed E-state index contributed by atoms with van der Waals surface area (Å²) in [4.78, 5) is 32.4. The van der Waals surface area contributed by atoms with Gasteiger partial charge in [-0.25, -0.2) is 27.3 Å². The zero-order valence-corrected chi connectivity index (χ0v) is 18.3. The Morgan fingerprint density at radius 2 is 1.76 bits per heavy atom. The van der Waals surface area contributed by atoms with E-state index >= 15 is 0 Å². The van der Waals surface area contributed by atoms with Crippen LogP contribution in [0.5, 0.6) is 0 Å². The molecule has 1 unspecified atom stereocenters. The van der Waals surface area contributed by atoms with E-state index < -0.39 is 33.1 Å². The summed E-state index contributed by atoms with van der Waals surface area (Å²) in [6, 6.07) is 16.1. The topological polar surface area (TPSA) is 130 Å². The van der Waals surface area contributed by atoms with Gasteiger partial charge in [0.15, 0.2) is 0 Å². The number of benzene rings is 3. The quantitative estimate of drug-likeness (QED) is 0.344. The number of para-hydroxylation sites is 2. The van der Waals surface area contributed by atoms with Crippen molar-refractivity contribution in [3.63, 3.8) is 0 Å². The number of aromatic nitrogens is 4. The number of nitrogens with one attached hydrogen (secondary N) is 3. The Bertz CT molecular complexity index is 1740. The molecule has 2 heterocycles. The molecule has 0 aliphatic rings. The van der Waals surface area contributed by atoms with E-state index in [0.29, 0.717) is 5.56 Å². The third kappa shape index (κ3) is 4.14. The molecule has 0 radical (unpaired) electrons. The summed E-state index contributed by atoms with van der Waals surface area (Å²) >= 11 is 0. The molecule has 34 heavy (non-hydrogen) atoms. The van der Waals surface area contributed by atoms with Gasteiger partial charge in [-0.3, -0.25) is 9.78 Å². The zero-order chi connectivity index (χ0) is 23.9. The molecule has 11 heteroatoms. The molecule has 5 aromatic rings. The monoisotopic (exact) mass is 479 g/mol. The molecule has 3 aromatic carbocycles. The predicted octanol–water partition coefficient (Wildman–Crippen LogP) is 2.42. The van der Waals surface area contributed by atoms with Crippen molar-refractivity contribution >= 4 is 32.0 Å². The van der Waals surface area contributed by atoms with Crippen molar-refractivity contribution in [1.82, 2.24) is 24.2 Å². The molecule has 0 saturated heterocycles. The van der Waals surface area contributed by atoms with Crippen LogP contribution in [0.3, 0.4) is 0 Å². The SMILES string of the molecule is O=c1[nH]c(=O)c2cc(S(=O)(=O)NC(Cn3cnc4ccccc43)c3ccc(F)cc3)ccc2[nH]1. The first kappa shape index (κ1) is 21.7. The third-order valence-corrected chi connectivity index (χ3v) is 6.97. The molecule has 0 aliphatic heterocycles. The molecule has 0 fully saturated rings. The van der Waals surface area contributed by atoms with Crippen molar-refractivity contribution in [3.05, 3.63) is 105 Å². The number of aromatic amines is 2. The zero-order valence-electron chi connectivity index (χ0n) is 17.5. The van der Waals surface area contributed by atoms with E-state index in [4.69, 9.17) is 0 Å². The van der Waals surface area contributed by atoms with Crippen LogP contribution in [0.2, 0.25) is 0 Å². The largest absolute Gasteiger partial charge is 0.329 e. The van der Waals surface area contributed by atoms with E-state index in [0.717, 1.165) is 11.0 Å². The predicted molar refractivity (Wildman–Crippen MR) is 124 cm³/mol. The summed E-state index contributed by atoms with van der Waals surface area (Å²) in [7, 11) is -4.11. The van der Waals surface area contributed by atoms with Crippen LogP contribution in [0.1, 0.15) is 11.6 Å². The number of halogens is 1. The number of imidazole rings is 1. The number of fused-ring (bicyclic) bond motifs is 2. The number of hydrogen-bond donors (Lipinski definition) is 3. The van der Waals surface area contributed by atoms with E-state index in [9.17, 15) is 22.4 Å². The maximum atomic E-state index is 13.5. The van der Waals surface area contributed by atoms with Gasteiger partial charge in [-0.05, 0) is 48.0 Å². The second-order valence-corrected chi connectivity index (χ2v) is 9.44. The van der Waals surface area contributed by atoms with Crippen molar-refractivity contribution in [1.29, 1.82) is 0 Å². The third-order valence-electron chi connectivity index (χ3n) is 5.50. The highest BCUT2D eigenvalue weighted by molar-refractivity contribution is 7.89. The molecule has 2 aromatic heterocycles. The number of rotatable bonds is 6. The first-order chi connectivity index (χ1) is 16.3. The Balaban J connectivity index is 1.55. The number of sulfonamides is 1. The standard InChI is InChI=1S/C23H18FN5O4S/c24-15-7-5-14(6-8-15)20(12-29-13-25-19-3-1-2-4-21(19)29)28-34(32,33)16-9-10-18-17(11-16)22(30)27-23(31)26-18/h1-11,13,20,28H,12H2,(H2,26,27,30,31). The molecule has 0 saturated carbocycles. The number of H-pyrrole nitrogens is 2. The molecule has 3 N–H and O–H groups in total. The first-order valence-electron chi connectivity index (χ1n) is 10.2. The second-order valence-electron chi connectivity index (χ2n) is 7.73. The van der Waals surface area contributed by atoms with Crippen LogP contribution in [0.4, 0.5) is 4.39 Å². The van der Waals surface area contributed by atoms with Gasteiger partial charge >= 0.3 is 5.69 Å². The minimum atomic E-state index is -4.11. The van der Waals surface area contributed by atoms with Crippen LogP contribution in [0, 0.1) is 5.82 Å². The molecule has 0 amide bonds. The maximum Gasteiger partial charge on any atom is 0.326 e. The molecule has 0 aliphatic carbocycles. The number of hydrogen-bond acceptors (Lipinski definition) is 5. The number of nitrogens with zero attached hydrogens (tertiary/aromatic N) is 2. The van der Waals surface area contributed by atoms with Crippen LogP contribution in [-0.4, -0.2) is 27.9 Å². The highest BCUT2D eigenvalue weighted by Gasteiger charge is 2.23. The van der Waals surface area contributed by atoms with E-state index in [2.05, 4.69) is 19.7 Å². The van der Waals surface area contributed by atoms with Gasteiger partial charge in [-0.15, -0.1) is 0 Å². The fourth-order valence-electron chi connectivity index (χ4n) is 3.83. The van der Waals surface area contributed by atoms with Gasteiger partial charge in [0.25, 0.3) is 5.56 Å². The lowest BCUT2D eigenvalue weighted by Gasteiger charge is -2.20. The van der Waals surface area contributed by atoms with Crippen molar-refractivity contribution in [3.8, 4) is 0 Å². The van der Waals surface area contributed by atoms with Gasteiger partial charge in [-0.2, -0.15) is 0 Å². The normalized spacial score (nSPS) is 12.9. The highest BCUT2D eigenvalue weighted by atomic mass is 32.2. The Kier molecular flexibility index (Phi) is 5.34. The average Bonchev–Trinajstić information content (AvgIpc) is 3.21. The van der Waals surface area contributed by atoms with Gasteiger partial charge < -0.3 is 9.55 Å². The molecule has 0 spiro atoms. The Morgan fingerprint density at radius 3 is 2.56 bits per heavy atom.